The Labute approximate surface area is 129 Å². The average molecular weight is 298 g/mol. The molecule has 5 nitrogen and oxygen atoms in total. The van der Waals surface area contributed by atoms with E-state index in [1.54, 1.807) is 18.2 Å². The summed E-state index contributed by atoms with van der Waals surface area (Å²) in [6, 6.07) is 11.1. The number of para-hydroxylation sites is 1. The quantitative estimate of drug-likeness (QED) is 0.805. The van der Waals surface area contributed by atoms with Crippen LogP contribution in [0.25, 0.3) is 6.08 Å². The number of aryl methyl sites for hydroxylation is 1. The summed E-state index contributed by atoms with van der Waals surface area (Å²) in [4.78, 5) is 23.4. The molecule has 0 radical (unpaired) electrons. The first-order valence-electron chi connectivity index (χ1n) is 7.06. The van der Waals surface area contributed by atoms with Crippen LogP contribution in [0.2, 0.25) is 0 Å². The zero-order valence-corrected chi connectivity index (χ0v) is 12.3. The fourth-order valence-electron chi connectivity index (χ4n) is 1.92. The molecular weight excluding hydrogens is 280 g/mol. The van der Waals surface area contributed by atoms with Gasteiger partial charge in [0.25, 0.3) is 0 Å². The zero-order valence-electron chi connectivity index (χ0n) is 12.3. The summed E-state index contributed by atoms with van der Waals surface area (Å²) in [5.41, 5.74) is 1.83. The highest BCUT2D eigenvalue weighted by atomic mass is 16.3. The van der Waals surface area contributed by atoms with Crippen molar-refractivity contribution >= 4 is 23.6 Å². The SMILES string of the molecule is CCc1ccccc1NC(=O)CNC(=O)/C=C/c1ccco1. The van der Waals surface area contributed by atoms with Crippen molar-refractivity contribution in [2.24, 2.45) is 0 Å². The van der Waals surface area contributed by atoms with E-state index in [0.29, 0.717) is 5.76 Å². The minimum absolute atomic E-state index is 0.0840. The monoisotopic (exact) mass is 298 g/mol. The van der Waals surface area contributed by atoms with Crippen LogP contribution < -0.4 is 10.6 Å². The van der Waals surface area contributed by atoms with Gasteiger partial charge in [-0.25, -0.2) is 0 Å². The Morgan fingerprint density at radius 2 is 2.00 bits per heavy atom. The van der Waals surface area contributed by atoms with E-state index >= 15 is 0 Å². The van der Waals surface area contributed by atoms with Gasteiger partial charge in [-0.2, -0.15) is 0 Å². The van der Waals surface area contributed by atoms with Crippen molar-refractivity contribution in [2.45, 2.75) is 13.3 Å². The molecule has 0 fully saturated rings. The minimum Gasteiger partial charge on any atom is -0.465 e. The number of benzene rings is 1. The fourth-order valence-corrected chi connectivity index (χ4v) is 1.92. The van der Waals surface area contributed by atoms with Gasteiger partial charge < -0.3 is 15.1 Å². The number of hydrogen-bond donors (Lipinski definition) is 2. The van der Waals surface area contributed by atoms with E-state index in [9.17, 15) is 9.59 Å². The van der Waals surface area contributed by atoms with Crippen LogP contribution in [0.3, 0.4) is 0 Å². The lowest BCUT2D eigenvalue weighted by Gasteiger charge is -2.09. The molecule has 0 saturated heterocycles. The molecule has 114 valence electrons. The van der Waals surface area contributed by atoms with Gasteiger partial charge in [0.2, 0.25) is 11.8 Å². The molecule has 2 aromatic rings. The van der Waals surface area contributed by atoms with Crippen LogP contribution in [0.4, 0.5) is 5.69 Å². The highest BCUT2D eigenvalue weighted by Crippen LogP contribution is 2.14. The summed E-state index contributed by atoms with van der Waals surface area (Å²) < 4.78 is 5.07. The van der Waals surface area contributed by atoms with Gasteiger partial charge in [-0.15, -0.1) is 0 Å². The molecule has 0 aliphatic carbocycles. The maximum atomic E-state index is 11.8. The highest BCUT2D eigenvalue weighted by Gasteiger charge is 2.06. The summed E-state index contributed by atoms with van der Waals surface area (Å²) >= 11 is 0. The summed E-state index contributed by atoms with van der Waals surface area (Å²) in [6.45, 7) is 1.94. The lowest BCUT2D eigenvalue weighted by molar-refractivity contribution is -0.121. The van der Waals surface area contributed by atoms with Crippen LogP contribution in [0.1, 0.15) is 18.2 Å². The number of carbonyl (C=O) groups is 2. The zero-order chi connectivity index (χ0) is 15.8. The molecular formula is C17H18N2O3. The first kappa shape index (κ1) is 15.6. The normalized spacial score (nSPS) is 10.6. The average Bonchev–Trinajstić information content (AvgIpc) is 3.05. The van der Waals surface area contributed by atoms with E-state index in [-0.39, 0.29) is 18.4 Å². The first-order valence-corrected chi connectivity index (χ1v) is 7.06. The lowest BCUT2D eigenvalue weighted by Crippen LogP contribution is -2.31. The second-order valence-electron chi connectivity index (χ2n) is 4.63. The summed E-state index contributed by atoms with van der Waals surface area (Å²) in [5, 5.41) is 5.31. The minimum atomic E-state index is -0.352. The van der Waals surface area contributed by atoms with Crippen molar-refractivity contribution in [2.75, 3.05) is 11.9 Å². The Balaban J connectivity index is 1.81. The molecule has 1 aromatic carbocycles. The molecule has 0 aliphatic heterocycles. The third-order valence-corrected chi connectivity index (χ3v) is 3.04. The van der Waals surface area contributed by atoms with E-state index in [2.05, 4.69) is 10.6 Å². The van der Waals surface area contributed by atoms with Crippen molar-refractivity contribution in [3.05, 3.63) is 60.1 Å². The Bertz CT molecular complexity index is 660. The molecule has 0 aliphatic rings. The molecule has 0 unspecified atom stereocenters. The topological polar surface area (TPSA) is 71.3 Å². The van der Waals surface area contributed by atoms with E-state index < -0.39 is 0 Å². The maximum Gasteiger partial charge on any atom is 0.244 e. The van der Waals surface area contributed by atoms with Crippen molar-refractivity contribution in [3.63, 3.8) is 0 Å². The van der Waals surface area contributed by atoms with Crippen molar-refractivity contribution in [1.82, 2.24) is 5.32 Å². The van der Waals surface area contributed by atoms with Crippen LogP contribution in [-0.2, 0) is 16.0 Å². The van der Waals surface area contributed by atoms with Gasteiger partial charge in [-0.1, -0.05) is 25.1 Å². The van der Waals surface area contributed by atoms with Crippen LogP contribution in [0, 0.1) is 0 Å². The number of hydrogen-bond acceptors (Lipinski definition) is 3. The largest absolute Gasteiger partial charge is 0.465 e. The Morgan fingerprint density at radius 1 is 1.18 bits per heavy atom. The predicted octanol–water partition coefficient (Wildman–Crippen LogP) is 2.61. The number of nitrogens with one attached hydrogen (secondary N) is 2. The summed E-state index contributed by atoms with van der Waals surface area (Å²) in [7, 11) is 0. The second kappa shape index (κ2) is 7.83. The van der Waals surface area contributed by atoms with E-state index in [1.807, 2.05) is 31.2 Å². The molecule has 5 heteroatoms. The second-order valence-corrected chi connectivity index (χ2v) is 4.63. The van der Waals surface area contributed by atoms with Crippen LogP contribution >= 0.6 is 0 Å². The predicted molar refractivity (Wildman–Crippen MR) is 85.2 cm³/mol. The molecule has 2 N–H and O–H groups in total. The van der Waals surface area contributed by atoms with Crippen molar-refractivity contribution in [3.8, 4) is 0 Å². The Morgan fingerprint density at radius 3 is 2.73 bits per heavy atom. The smallest absolute Gasteiger partial charge is 0.244 e. The van der Waals surface area contributed by atoms with Gasteiger partial charge in [-0.05, 0) is 36.3 Å². The molecule has 0 saturated carbocycles. The summed E-state index contributed by atoms with van der Waals surface area (Å²) in [5.74, 6) is -0.0348. The van der Waals surface area contributed by atoms with Gasteiger partial charge >= 0.3 is 0 Å². The number of carbonyl (C=O) groups excluding carboxylic acids is 2. The third-order valence-electron chi connectivity index (χ3n) is 3.04. The van der Waals surface area contributed by atoms with Crippen molar-refractivity contribution < 1.29 is 14.0 Å². The molecule has 1 aromatic heterocycles. The molecule has 22 heavy (non-hydrogen) atoms. The maximum absolute atomic E-state index is 11.8. The lowest BCUT2D eigenvalue weighted by atomic mass is 10.1. The molecule has 0 spiro atoms. The first-order chi connectivity index (χ1) is 10.7. The van der Waals surface area contributed by atoms with Crippen LogP contribution in [-0.4, -0.2) is 18.4 Å². The number of rotatable bonds is 6. The third kappa shape index (κ3) is 4.63. The van der Waals surface area contributed by atoms with E-state index in [0.717, 1.165) is 17.7 Å². The van der Waals surface area contributed by atoms with Crippen LogP contribution in [0.5, 0.6) is 0 Å². The molecule has 0 bridgehead atoms. The molecule has 2 rings (SSSR count). The Hall–Kier alpha value is -2.82. The van der Waals surface area contributed by atoms with Gasteiger partial charge in [0, 0.05) is 11.8 Å². The van der Waals surface area contributed by atoms with E-state index in [1.165, 1.54) is 12.3 Å². The summed E-state index contributed by atoms with van der Waals surface area (Å²) in [6.07, 6.45) is 5.22. The number of amides is 2. The molecule has 1 heterocycles. The number of furan rings is 1. The van der Waals surface area contributed by atoms with Gasteiger partial charge in [-0.3, -0.25) is 9.59 Å². The van der Waals surface area contributed by atoms with Gasteiger partial charge in [0.15, 0.2) is 0 Å². The Kier molecular flexibility index (Phi) is 5.54. The fraction of sp³-hybridized carbons (Fsp3) is 0.176. The van der Waals surface area contributed by atoms with Crippen molar-refractivity contribution in [1.29, 1.82) is 0 Å². The molecule has 0 atom stereocenters. The van der Waals surface area contributed by atoms with E-state index in [4.69, 9.17) is 4.42 Å². The van der Waals surface area contributed by atoms with Gasteiger partial charge in [0.05, 0.1) is 12.8 Å². The van der Waals surface area contributed by atoms with Crippen LogP contribution in [0.15, 0.2) is 53.2 Å². The highest BCUT2D eigenvalue weighted by molar-refractivity contribution is 5.98. The standard InChI is InChI=1S/C17H18N2O3/c1-2-13-6-3-4-8-15(13)19-17(21)12-18-16(20)10-9-14-7-5-11-22-14/h3-11H,2,12H2,1H3,(H,18,20)(H,19,21)/b10-9+. The van der Waals surface area contributed by atoms with Gasteiger partial charge in [0.1, 0.15) is 5.76 Å². The molecule has 2 amide bonds. The number of anilines is 1.